The summed E-state index contributed by atoms with van der Waals surface area (Å²) in [4.78, 5) is 24.8. The van der Waals surface area contributed by atoms with E-state index >= 15 is 0 Å². The molecule has 2 heterocycles. The van der Waals surface area contributed by atoms with Gasteiger partial charge in [0, 0.05) is 17.0 Å². The van der Waals surface area contributed by atoms with E-state index in [4.69, 9.17) is 18.6 Å². The second kappa shape index (κ2) is 5.42. The number of carbonyl (C=O) groups excluding carboxylic acids is 1. The highest BCUT2D eigenvalue weighted by molar-refractivity contribution is 6.10. The van der Waals surface area contributed by atoms with Gasteiger partial charge < -0.3 is 18.6 Å². The molecule has 0 bridgehead atoms. The maximum Gasteiger partial charge on any atom is 0.347 e. The Morgan fingerprint density at radius 2 is 1.88 bits per heavy atom. The maximum atomic E-state index is 12.7. The highest BCUT2D eigenvalue weighted by Gasteiger charge is 2.20. The molecule has 0 aliphatic carbocycles. The third-order valence-electron chi connectivity index (χ3n) is 3.82. The van der Waals surface area contributed by atoms with Crippen LogP contribution >= 0.6 is 0 Å². The van der Waals surface area contributed by atoms with E-state index in [1.54, 1.807) is 36.4 Å². The number of rotatable bonds is 3. The van der Waals surface area contributed by atoms with Crippen LogP contribution in [0.25, 0.3) is 11.0 Å². The normalized spacial score (nSPS) is 12.4. The van der Waals surface area contributed by atoms with Crippen molar-refractivity contribution in [2.24, 2.45) is 0 Å². The summed E-state index contributed by atoms with van der Waals surface area (Å²) in [7, 11) is 1.52. The van der Waals surface area contributed by atoms with Crippen LogP contribution < -0.4 is 19.8 Å². The number of hydrogen-bond donors (Lipinski definition) is 0. The first-order valence-corrected chi connectivity index (χ1v) is 7.22. The lowest BCUT2D eigenvalue weighted by atomic mass is 10.0. The standard InChI is InChI=1S/C18H12O6/c1-21-12-4-2-10-6-13(18(20)24-15(10)8-12)17(19)11-3-5-14-16(7-11)23-9-22-14/h2-8H,9H2,1H3. The molecule has 0 unspecified atom stereocenters. The Morgan fingerprint density at radius 1 is 1.04 bits per heavy atom. The van der Waals surface area contributed by atoms with Crippen molar-refractivity contribution < 1.29 is 23.4 Å². The molecule has 6 heteroatoms. The summed E-state index contributed by atoms with van der Waals surface area (Å²) in [5, 5.41) is 0.638. The lowest BCUT2D eigenvalue weighted by Gasteiger charge is -2.05. The van der Waals surface area contributed by atoms with Crippen molar-refractivity contribution in [2.45, 2.75) is 0 Å². The van der Waals surface area contributed by atoms with Crippen molar-refractivity contribution in [3.8, 4) is 17.2 Å². The molecule has 0 fully saturated rings. The average Bonchev–Trinajstić information content (AvgIpc) is 3.07. The van der Waals surface area contributed by atoms with E-state index in [0.717, 1.165) is 0 Å². The van der Waals surface area contributed by atoms with Crippen molar-refractivity contribution >= 4 is 16.8 Å². The number of carbonyl (C=O) groups is 1. The molecule has 0 spiro atoms. The van der Waals surface area contributed by atoms with Gasteiger partial charge in [-0.05, 0) is 36.4 Å². The molecule has 0 atom stereocenters. The molecule has 0 amide bonds. The molecule has 120 valence electrons. The zero-order valence-corrected chi connectivity index (χ0v) is 12.7. The highest BCUT2D eigenvalue weighted by atomic mass is 16.7. The first-order chi connectivity index (χ1) is 11.7. The number of ether oxygens (including phenoxy) is 3. The van der Waals surface area contributed by atoms with Crippen LogP contribution in [-0.4, -0.2) is 19.7 Å². The number of ketones is 1. The van der Waals surface area contributed by atoms with Crippen LogP contribution in [0.5, 0.6) is 17.2 Å². The Hall–Kier alpha value is -3.28. The summed E-state index contributed by atoms with van der Waals surface area (Å²) in [6.07, 6.45) is 0. The van der Waals surface area contributed by atoms with Crippen LogP contribution in [0.4, 0.5) is 0 Å². The largest absolute Gasteiger partial charge is 0.497 e. The molecule has 0 radical (unpaired) electrons. The van der Waals surface area contributed by atoms with Gasteiger partial charge in [-0.25, -0.2) is 4.79 Å². The molecule has 6 nitrogen and oxygen atoms in total. The van der Waals surface area contributed by atoms with Gasteiger partial charge in [0.05, 0.1) is 7.11 Å². The fourth-order valence-electron chi connectivity index (χ4n) is 2.57. The van der Waals surface area contributed by atoms with E-state index in [-0.39, 0.29) is 12.4 Å². The molecule has 0 saturated heterocycles. The second-order valence-corrected chi connectivity index (χ2v) is 5.25. The topological polar surface area (TPSA) is 75.0 Å². The molecule has 2 aromatic carbocycles. The van der Waals surface area contributed by atoms with Crippen LogP contribution in [0.3, 0.4) is 0 Å². The minimum Gasteiger partial charge on any atom is -0.497 e. The molecular formula is C18H12O6. The van der Waals surface area contributed by atoms with Crippen LogP contribution in [0.1, 0.15) is 15.9 Å². The van der Waals surface area contributed by atoms with E-state index in [1.165, 1.54) is 13.2 Å². The van der Waals surface area contributed by atoms with E-state index < -0.39 is 11.4 Å². The predicted molar refractivity (Wildman–Crippen MR) is 85.0 cm³/mol. The zero-order valence-electron chi connectivity index (χ0n) is 12.7. The average molecular weight is 324 g/mol. The van der Waals surface area contributed by atoms with Gasteiger partial charge in [-0.15, -0.1) is 0 Å². The first kappa shape index (κ1) is 14.3. The smallest absolute Gasteiger partial charge is 0.347 e. The molecule has 3 aromatic rings. The molecule has 0 N–H and O–H groups in total. The van der Waals surface area contributed by atoms with Crippen molar-refractivity contribution in [1.29, 1.82) is 0 Å². The van der Waals surface area contributed by atoms with Gasteiger partial charge in [-0.2, -0.15) is 0 Å². The summed E-state index contributed by atoms with van der Waals surface area (Å²) >= 11 is 0. The van der Waals surface area contributed by atoms with Gasteiger partial charge in [-0.1, -0.05) is 0 Å². The third-order valence-corrected chi connectivity index (χ3v) is 3.82. The van der Waals surface area contributed by atoms with E-state index in [1.807, 2.05) is 0 Å². The van der Waals surface area contributed by atoms with Crippen LogP contribution in [-0.2, 0) is 0 Å². The quantitative estimate of drug-likeness (QED) is 0.545. The van der Waals surface area contributed by atoms with Gasteiger partial charge in [0.15, 0.2) is 11.5 Å². The summed E-state index contributed by atoms with van der Waals surface area (Å²) in [6, 6.07) is 11.4. The third kappa shape index (κ3) is 2.28. The van der Waals surface area contributed by atoms with Crippen molar-refractivity contribution in [1.82, 2.24) is 0 Å². The van der Waals surface area contributed by atoms with Crippen molar-refractivity contribution in [2.75, 3.05) is 13.9 Å². The fourth-order valence-corrected chi connectivity index (χ4v) is 2.57. The minimum atomic E-state index is -0.696. The Morgan fingerprint density at radius 3 is 2.71 bits per heavy atom. The van der Waals surface area contributed by atoms with Gasteiger partial charge >= 0.3 is 5.63 Å². The highest BCUT2D eigenvalue weighted by Crippen LogP contribution is 2.33. The Balaban J connectivity index is 1.79. The van der Waals surface area contributed by atoms with Gasteiger partial charge in [0.1, 0.15) is 16.9 Å². The second-order valence-electron chi connectivity index (χ2n) is 5.25. The number of benzene rings is 2. The zero-order chi connectivity index (χ0) is 16.7. The first-order valence-electron chi connectivity index (χ1n) is 7.22. The lowest BCUT2D eigenvalue weighted by Crippen LogP contribution is -2.14. The molecule has 1 aliphatic heterocycles. The molecule has 0 saturated carbocycles. The van der Waals surface area contributed by atoms with Crippen molar-refractivity contribution in [3.63, 3.8) is 0 Å². The Labute approximate surface area is 136 Å². The van der Waals surface area contributed by atoms with Gasteiger partial charge in [-0.3, -0.25) is 4.79 Å². The Kier molecular flexibility index (Phi) is 3.23. The summed E-state index contributed by atoms with van der Waals surface area (Å²) in [6.45, 7) is 0.118. The van der Waals surface area contributed by atoms with E-state index in [9.17, 15) is 9.59 Å². The van der Waals surface area contributed by atoms with Crippen LogP contribution in [0.2, 0.25) is 0 Å². The number of fused-ring (bicyclic) bond motifs is 2. The molecule has 1 aliphatic rings. The summed E-state index contributed by atoms with van der Waals surface area (Å²) in [5.41, 5.74) is -0.0362. The molecule has 24 heavy (non-hydrogen) atoms. The number of hydrogen-bond acceptors (Lipinski definition) is 6. The molecule has 4 rings (SSSR count). The van der Waals surface area contributed by atoms with E-state index in [0.29, 0.717) is 33.8 Å². The van der Waals surface area contributed by atoms with Crippen LogP contribution in [0.15, 0.2) is 51.7 Å². The van der Waals surface area contributed by atoms with Gasteiger partial charge in [0.2, 0.25) is 12.6 Å². The predicted octanol–water partition coefficient (Wildman–Crippen LogP) is 2.76. The molecular weight excluding hydrogens is 312 g/mol. The maximum absolute atomic E-state index is 12.7. The monoisotopic (exact) mass is 324 g/mol. The fraction of sp³-hybridized carbons (Fsp3) is 0.111. The minimum absolute atomic E-state index is 0.0356. The summed E-state index contributed by atoms with van der Waals surface area (Å²) < 4.78 is 20.8. The van der Waals surface area contributed by atoms with E-state index in [2.05, 4.69) is 0 Å². The SMILES string of the molecule is COc1ccc2cc(C(=O)c3ccc4c(c3)OCO4)c(=O)oc2c1. The number of methoxy groups -OCH3 is 1. The molecule has 1 aromatic heterocycles. The summed E-state index contributed by atoms with van der Waals surface area (Å²) in [5.74, 6) is 1.19. The van der Waals surface area contributed by atoms with Gasteiger partial charge in [0.25, 0.3) is 0 Å². The lowest BCUT2D eigenvalue weighted by molar-refractivity contribution is 0.103. The van der Waals surface area contributed by atoms with Crippen LogP contribution in [0, 0.1) is 0 Å². The Bertz CT molecular complexity index is 1020. The van der Waals surface area contributed by atoms with Crippen molar-refractivity contribution in [3.05, 3.63) is 64.0 Å².